The molecule has 0 atom stereocenters. The Labute approximate surface area is 149 Å². The second-order valence-electron chi connectivity index (χ2n) is 5.11. The Balaban J connectivity index is 1.96. The molecule has 2 aromatic rings. The molecule has 0 radical (unpaired) electrons. The van der Waals surface area contributed by atoms with Crippen LogP contribution in [0.5, 0.6) is 0 Å². The van der Waals surface area contributed by atoms with E-state index in [1.807, 2.05) is 31.2 Å². The number of hydrogen-bond acceptors (Lipinski definition) is 2. The Kier molecular flexibility index (Phi) is 4.39. The van der Waals surface area contributed by atoms with Gasteiger partial charge in [0.05, 0.1) is 15.7 Å². The van der Waals surface area contributed by atoms with Crippen LogP contribution in [0, 0.1) is 6.92 Å². The lowest BCUT2D eigenvalue weighted by Crippen LogP contribution is -2.30. The van der Waals surface area contributed by atoms with Gasteiger partial charge in [0.1, 0.15) is 5.70 Å². The topological polar surface area (TPSA) is 32.3 Å². The van der Waals surface area contributed by atoms with E-state index >= 15 is 0 Å². The van der Waals surface area contributed by atoms with Crippen molar-refractivity contribution < 1.29 is 4.79 Å². The van der Waals surface area contributed by atoms with Gasteiger partial charge in [0, 0.05) is 0 Å². The minimum atomic E-state index is -0.227. The number of aryl methyl sites for hydroxylation is 1. The molecule has 3 rings (SSSR count). The van der Waals surface area contributed by atoms with E-state index in [-0.39, 0.29) is 5.91 Å². The molecule has 116 valence electrons. The molecule has 3 nitrogen and oxygen atoms in total. The molecule has 1 aliphatic rings. The number of amides is 1. The van der Waals surface area contributed by atoms with Crippen molar-refractivity contribution in [2.24, 2.45) is 0 Å². The highest BCUT2D eigenvalue weighted by Crippen LogP contribution is 2.29. The summed E-state index contributed by atoms with van der Waals surface area (Å²) in [6, 6.07) is 12.8. The van der Waals surface area contributed by atoms with Crippen molar-refractivity contribution >= 4 is 58.2 Å². The summed E-state index contributed by atoms with van der Waals surface area (Å²) >= 11 is 17.4. The summed E-state index contributed by atoms with van der Waals surface area (Å²) in [5.41, 5.74) is 2.85. The number of nitrogens with one attached hydrogen (secondary N) is 1. The number of thiocarbonyl (C=S) groups is 1. The zero-order valence-electron chi connectivity index (χ0n) is 12.1. The van der Waals surface area contributed by atoms with Gasteiger partial charge in [-0.25, -0.2) is 0 Å². The van der Waals surface area contributed by atoms with Gasteiger partial charge in [-0.05, 0) is 49.0 Å². The van der Waals surface area contributed by atoms with Crippen LogP contribution in [0.4, 0.5) is 5.69 Å². The first-order valence-electron chi connectivity index (χ1n) is 6.85. The van der Waals surface area contributed by atoms with Crippen LogP contribution < -0.4 is 10.2 Å². The Bertz CT molecular complexity index is 831. The van der Waals surface area contributed by atoms with Crippen LogP contribution in [0.2, 0.25) is 10.0 Å². The lowest BCUT2D eigenvalue weighted by atomic mass is 10.2. The zero-order chi connectivity index (χ0) is 16.6. The molecule has 1 amide bonds. The van der Waals surface area contributed by atoms with Crippen molar-refractivity contribution in [2.45, 2.75) is 6.92 Å². The first-order chi connectivity index (χ1) is 11.0. The summed E-state index contributed by atoms with van der Waals surface area (Å²) in [5, 5.41) is 4.10. The Morgan fingerprint density at radius 1 is 1.13 bits per heavy atom. The fourth-order valence-corrected chi connectivity index (χ4v) is 2.91. The van der Waals surface area contributed by atoms with E-state index < -0.39 is 0 Å². The normalized spacial score (nSPS) is 16.1. The summed E-state index contributed by atoms with van der Waals surface area (Å²) < 4.78 is 0. The van der Waals surface area contributed by atoms with Crippen LogP contribution in [-0.4, -0.2) is 11.0 Å². The first kappa shape index (κ1) is 16.0. The maximum atomic E-state index is 12.6. The predicted molar refractivity (Wildman–Crippen MR) is 98.8 cm³/mol. The molecular weight excluding hydrogens is 351 g/mol. The van der Waals surface area contributed by atoms with Gasteiger partial charge < -0.3 is 5.32 Å². The highest BCUT2D eigenvalue weighted by atomic mass is 35.5. The molecule has 1 heterocycles. The van der Waals surface area contributed by atoms with Crippen LogP contribution >= 0.6 is 35.4 Å². The van der Waals surface area contributed by atoms with Crippen molar-refractivity contribution in [3.63, 3.8) is 0 Å². The monoisotopic (exact) mass is 362 g/mol. The van der Waals surface area contributed by atoms with Crippen LogP contribution in [0.25, 0.3) is 6.08 Å². The summed E-state index contributed by atoms with van der Waals surface area (Å²) in [6.45, 7) is 1.98. The maximum absolute atomic E-state index is 12.6. The van der Waals surface area contributed by atoms with Gasteiger partial charge in [0.25, 0.3) is 5.91 Å². The molecule has 0 saturated carbocycles. The Morgan fingerprint density at radius 3 is 2.52 bits per heavy atom. The van der Waals surface area contributed by atoms with E-state index in [4.69, 9.17) is 35.4 Å². The second kappa shape index (κ2) is 6.32. The van der Waals surface area contributed by atoms with Crippen molar-refractivity contribution in [1.82, 2.24) is 5.32 Å². The third kappa shape index (κ3) is 3.11. The molecule has 0 aromatic heterocycles. The third-order valence-corrected chi connectivity index (χ3v) is 4.57. The SMILES string of the molecule is Cc1ccc(N2C(=O)/C(=C\c3cccc(Cl)c3Cl)NC2=S)cc1. The summed E-state index contributed by atoms with van der Waals surface area (Å²) in [7, 11) is 0. The molecule has 6 heteroatoms. The Hall–Kier alpha value is -1.88. The van der Waals surface area contributed by atoms with Gasteiger partial charge in [-0.1, -0.05) is 53.0 Å². The van der Waals surface area contributed by atoms with Crippen LogP contribution in [-0.2, 0) is 4.79 Å². The van der Waals surface area contributed by atoms with Crippen LogP contribution in [0.15, 0.2) is 48.2 Å². The van der Waals surface area contributed by atoms with Gasteiger partial charge in [-0.3, -0.25) is 9.69 Å². The first-order valence-corrected chi connectivity index (χ1v) is 8.01. The van der Waals surface area contributed by atoms with Crippen molar-refractivity contribution in [3.05, 3.63) is 69.3 Å². The number of carbonyl (C=O) groups is 1. The quantitative estimate of drug-likeness (QED) is 0.627. The van der Waals surface area contributed by atoms with E-state index in [1.165, 1.54) is 4.90 Å². The average molecular weight is 363 g/mol. The molecule has 23 heavy (non-hydrogen) atoms. The number of rotatable bonds is 2. The van der Waals surface area contributed by atoms with E-state index in [9.17, 15) is 4.79 Å². The van der Waals surface area contributed by atoms with Gasteiger partial charge in [0.2, 0.25) is 0 Å². The van der Waals surface area contributed by atoms with Crippen molar-refractivity contribution in [1.29, 1.82) is 0 Å². The summed E-state index contributed by atoms with van der Waals surface area (Å²) in [4.78, 5) is 14.1. The molecule has 1 aliphatic heterocycles. The lowest BCUT2D eigenvalue weighted by Gasteiger charge is -2.14. The highest BCUT2D eigenvalue weighted by molar-refractivity contribution is 7.80. The van der Waals surface area contributed by atoms with Crippen molar-refractivity contribution in [2.75, 3.05) is 4.90 Å². The Morgan fingerprint density at radius 2 is 1.83 bits per heavy atom. The number of carbonyl (C=O) groups excluding carboxylic acids is 1. The molecule has 0 spiro atoms. The molecule has 1 N–H and O–H groups in total. The van der Waals surface area contributed by atoms with Crippen LogP contribution in [0.3, 0.4) is 0 Å². The van der Waals surface area contributed by atoms with Crippen LogP contribution in [0.1, 0.15) is 11.1 Å². The number of nitrogens with zero attached hydrogens (tertiary/aromatic N) is 1. The van der Waals surface area contributed by atoms with E-state index in [0.29, 0.717) is 26.4 Å². The summed E-state index contributed by atoms with van der Waals surface area (Å²) in [5.74, 6) is -0.227. The minimum Gasteiger partial charge on any atom is -0.327 e. The predicted octanol–water partition coefficient (Wildman–Crippen LogP) is 4.56. The fourth-order valence-electron chi connectivity index (χ4n) is 2.25. The van der Waals surface area contributed by atoms with Gasteiger partial charge >= 0.3 is 0 Å². The fraction of sp³-hybridized carbons (Fsp3) is 0.0588. The standard InChI is InChI=1S/C17H12Cl2N2OS/c1-10-5-7-12(8-6-10)21-16(22)14(20-17(21)23)9-11-3-2-4-13(18)15(11)19/h2-9H,1H3,(H,20,23)/b14-9+. The third-order valence-electron chi connectivity index (χ3n) is 3.45. The molecule has 0 unspecified atom stereocenters. The zero-order valence-corrected chi connectivity index (χ0v) is 14.5. The number of hydrogen-bond donors (Lipinski definition) is 1. The second-order valence-corrected chi connectivity index (χ2v) is 6.28. The van der Waals surface area contributed by atoms with E-state index in [2.05, 4.69) is 5.32 Å². The lowest BCUT2D eigenvalue weighted by molar-refractivity contribution is -0.113. The molecule has 0 aliphatic carbocycles. The maximum Gasteiger partial charge on any atom is 0.281 e. The van der Waals surface area contributed by atoms with Gasteiger partial charge in [0.15, 0.2) is 5.11 Å². The minimum absolute atomic E-state index is 0.227. The van der Waals surface area contributed by atoms with E-state index in [0.717, 1.165) is 11.3 Å². The number of anilines is 1. The van der Waals surface area contributed by atoms with Gasteiger partial charge in [-0.15, -0.1) is 0 Å². The molecule has 2 aromatic carbocycles. The smallest absolute Gasteiger partial charge is 0.281 e. The average Bonchev–Trinajstić information content (AvgIpc) is 2.79. The highest BCUT2D eigenvalue weighted by Gasteiger charge is 2.32. The van der Waals surface area contributed by atoms with Gasteiger partial charge in [-0.2, -0.15) is 0 Å². The molecule has 1 saturated heterocycles. The molecular formula is C17H12Cl2N2OS. The molecule has 1 fully saturated rings. The van der Waals surface area contributed by atoms with Crippen molar-refractivity contribution in [3.8, 4) is 0 Å². The largest absolute Gasteiger partial charge is 0.327 e. The number of benzene rings is 2. The summed E-state index contributed by atoms with van der Waals surface area (Å²) in [6.07, 6.45) is 1.65. The van der Waals surface area contributed by atoms with E-state index in [1.54, 1.807) is 24.3 Å². The molecule has 0 bridgehead atoms. The number of halogens is 2.